The van der Waals surface area contributed by atoms with Gasteiger partial charge in [0.2, 0.25) is 12.3 Å². The second-order valence-corrected chi connectivity index (χ2v) is 7.52. The van der Waals surface area contributed by atoms with Crippen molar-refractivity contribution in [1.29, 1.82) is 0 Å². The summed E-state index contributed by atoms with van der Waals surface area (Å²) >= 11 is 1.67. The smallest absolute Gasteiger partial charge is 0.223 e. The number of rotatable bonds is 5. The van der Waals surface area contributed by atoms with Gasteiger partial charge in [-0.15, -0.1) is 11.8 Å². The quantitative estimate of drug-likeness (QED) is 0.744. The Morgan fingerprint density at radius 2 is 2.00 bits per heavy atom. The van der Waals surface area contributed by atoms with Gasteiger partial charge in [-0.3, -0.25) is 4.79 Å². The number of ether oxygens (including phenoxy) is 2. The maximum absolute atomic E-state index is 12.4. The van der Waals surface area contributed by atoms with Crippen molar-refractivity contribution < 1.29 is 18.8 Å². The minimum Gasteiger partial charge on any atom is -0.486 e. The zero-order valence-electron chi connectivity index (χ0n) is 14.4. The monoisotopic (exact) mass is 375 g/mol. The summed E-state index contributed by atoms with van der Waals surface area (Å²) in [5, 5.41) is 3.91. The highest BCUT2D eigenvalue weighted by Gasteiger charge is 2.26. The summed E-state index contributed by atoms with van der Waals surface area (Å²) in [6.45, 7) is 2.69. The molecule has 1 aromatic carbocycles. The maximum atomic E-state index is 12.4. The van der Waals surface area contributed by atoms with Gasteiger partial charge in [-0.25, -0.2) is 0 Å². The zero-order chi connectivity index (χ0) is 17.8. The normalized spacial score (nSPS) is 17.3. The number of benzene rings is 1. The first kappa shape index (κ1) is 17.2. The SMILES string of the molecule is O=C(CCSc1ccc2c(c1)OCCO2)N1CCC(c2ncon2)CC1. The molecule has 1 saturated heterocycles. The van der Waals surface area contributed by atoms with Crippen LogP contribution in [0.3, 0.4) is 0 Å². The van der Waals surface area contributed by atoms with Gasteiger partial charge >= 0.3 is 0 Å². The van der Waals surface area contributed by atoms with Crippen LogP contribution in [0.4, 0.5) is 0 Å². The summed E-state index contributed by atoms with van der Waals surface area (Å²) in [6.07, 6.45) is 3.68. The summed E-state index contributed by atoms with van der Waals surface area (Å²) < 4.78 is 15.9. The molecule has 138 valence electrons. The Hall–Kier alpha value is -2.22. The Balaban J connectivity index is 1.22. The van der Waals surface area contributed by atoms with E-state index in [9.17, 15) is 4.79 Å². The van der Waals surface area contributed by atoms with Crippen LogP contribution in [0.5, 0.6) is 11.5 Å². The third-order valence-corrected chi connectivity index (χ3v) is 5.68. The van der Waals surface area contributed by atoms with Crippen LogP contribution in [0.15, 0.2) is 34.0 Å². The van der Waals surface area contributed by atoms with Crippen LogP contribution in [-0.4, -0.2) is 53.0 Å². The van der Waals surface area contributed by atoms with Gasteiger partial charge in [0, 0.05) is 36.1 Å². The van der Waals surface area contributed by atoms with E-state index in [2.05, 4.69) is 10.1 Å². The minimum absolute atomic E-state index is 0.210. The highest BCUT2D eigenvalue weighted by Crippen LogP contribution is 2.34. The number of piperidine rings is 1. The first-order valence-corrected chi connectivity index (χ1v) is 9.84. The van der Waals surface area contributed by atoms with Crippen molar-refractivity contribution in [3.8, 4) is 11.5 Å². The van der Waals surface area contributed by atoms with Crippen molar-refractivity contribution in [2.45, 2.75) is 30.1 Å². The Labute approximate surface area is 156 Å². The van der Waals surface area contributed by atoms with Crippen molar-refractivity contribution in [2.24, 2.45) is 0 Å². The van der Waals surface area contributed by atoms with Crippen molar-refractivity contribution in [3.63, 3.8) is 0 Å². The molecule has 1 fully saturated rings. The van der Waals surface area contributed by atoms with Crippen molar-refractivity contribution in [3.05, 3.63) is 30.4 Å². The molecule has 0 spiro atoms. The number of thioether (sulfide) groups is 1. The van der Waals surface area contributed by atoms with Gasteiger partial charge in [-0.2, -0.15) is 4.98 Å². The van der Waals surface area contributed by atoms with Crippen LogP contribution >= 0.6 is 11.8 Å². The number of amides is 1. The van der Waals surface area contributed by atoms with Crippen LogP contribution < -0.4 is 9.47 Å². The van der Waals surface area contributed by atoms with Crippen LogP contribution in [0, 0.1) is 0 Å². The fourth-order valence-corrected chi connectivity index (χ4v) is 4.14. The Kier molecular flexibility index (Phi) is 5.29. The van der Waals surface area contributed by atoms with E-state index in [1.807, 2.05) is 23.1 Å². The molecular formula is C18H21N3O4S. The van der Waals surface area contributed by atoms with E-state index in [0.29, 0.717) is 25.6 Å². The molecule has 3 heterocycles. The Morgan fingerprint density at radius 1 is 1.19 bits per heavy atom. The molecule has 8 heteroatoms. The summed E-state index contributed by atoms with van der Waals surface area (Å²) in [5.41, 5.74) is 0. The molecule has 0 radical (unpaired) electrons. The summed E-state index contributed by atoms with van der Waals surface area (Å²) in [6, 6.07) is 5.93. The lowest BCUT2D eigenvalue weighted by Crippen LogP contribution is -2.38. The van der Waals surface area contributed by atoms with E-state index < -0.39 is 0 Å². The predicted octanol–water partition coefficient (Wildman–Crippen LogP) is 2.73. The highest BCUT2D eigenvalue weighted by atomic mass is 32.2. The average molecular weight is 375 g/mol. The third kappa shape index (κ3) is 3.95. The minimum atomic E-state index is 0.210. The van der Waals surface area contributed by atoms with Crippen molar-refractivity contribution in [2.75, 3.05) is 32.1 Å². The Bertz CT molecular complexity index is 745. The highest BCUT2D eigenvalue weighted by molar-refractivity contribution is 7.99. The molecule has 0 unspecified atom stereocenters. The largest absolute Gasteiger partial charge is 0.486 e. The first-order valence-electron chi connectivity index (χ1n) is 8.86. The molecule has 0 atom stereocenters. The molecule has 0 N–H and O–H groups in total. The lowest BCUT2D eigenvalue weighted by atomic mass is 9.96. The lowest BCUT2D eigenvalue weighted by Gasteiger charge is -2.30. The summed E-state index contributed by atoms with van der Waals surface area (Å²) in [5.74, 6) is 3.60. The summed E-state index contributed by atoms with van der Waals surface area (Å²) in [7, 11) is 0. The molecule has 7 nitrogen and oxygen atoms in total. The fourth-order valence-electron chi connectivity index (χ4n) is 3.27. The number of hydrogen-bond donors (Lipinski definition) is 0. The van der Waals surface area contributed by atoms with Gasteiger partial charge in [0.05, 0.1) is 0 Å². The molecule has 2 aliphatic heterocycles. The number of likely N-dealkylation sites (tertiary alicyclic amines) is 1. The number of nitrogens with zero attached hydrogens (tertiary/aromatic N) is 3. The van der Waals surface area contributed by atoms with Crippen molar-refractivity contribution in [1.82, 2.24) is 15.0 Å². The standard InChI is InChI=1S/C18H21N3O4S/c22-17(21-6-3-13(4-7-21)18-19-12-25-20-18)5-10-26-14-1-2-15-16(11-14)24-9-8-23-15/h1-2,11-13H,3-10H2. The zero-order valence-corrected chi connectivity index (χ0v) is 15.2. The van der Waals surface area contributed by atoms with E-state index >= 15 is 0 Å². The predicted molar refractivity (Wildman–Crippen MR) is 95.6 cm³/mol. The van der Waals surface area contributed by atoms with Gasteiger partial charge in [-0.1, -0.05) is 5.16 Å². The van der Waals surface area contributed by atoms with Gasteiger partial charge in [-0.05, 0) is 31.0 Å². The molecule has 26 heavy (non-hydrogen) atoms. The van der Waals surface area contributed by atoms with E-state index in [1.165, 1.54) is 6.39 Å². The maximum Gasteiger partial charge on any atom is 0.223 e. The van der Waals surface area contributed by atoms with E-state index in [0.717, 1.165) is 53.9 Å². The molecule has 1 amide bonds. The van der Waals surface area contributed by atoms with Gasteiger partial charge in [0.15, 0.2) is 17.3 Å². The molecule has 0 saturated carbocycles. The van der Waals surface area contributed by atoms with Crippen molar-refractivity contribution >= 4 is 17.7 Å². The van der Waals surface area contributed by atoms with Crippen LogP contribution in [-0.2, 0) is 4.79 Å². The Morgan fingerprint density at radius 3 is 2.77 bits per heavy atom. The number of carbonyl (C=O) groups excluding carboxylic acids is 1. The van der Waals surface area contributed by atoms with Gasteiger partial charge < -0.3 is 18.9 Å². The van der Waals surface area contributed by atoms with Gasteiger partial charge in [0.1, 0.15) is 13.2 Å². The second kappa shape index (κ2) is 7.99. The number of carbonyl (C=O) groups is 1. The summed E-state index contributed by atoms with van der Waals surface area (Å²) in [4.78, 5) is 19.6. The molecule has 2 aromatic rings. The van der Waals surface area contributed by atoms with E-state index in [4.69, 9.17) is 14.0 Å². The molecule has 1 aromatic heterocycles. The topological polar surface area (TPSA) is 77.7 Å². The molecule has 0 aliphatic carbocycles. The first-order chi connectivity index (χ1) is 12.8. The van der Waals surface area contributed by atoms with E-state index in [1.54, 1.807) is 11.8 Å². The average Bonchev–Trinajstić information content (AvgIpc) is 3.23. The number of aromatic nitrogens is 2. The van der Waals surface area contributed by atoms with Crippen LogP contribution in [0.25, 0.3) is 0 Å². The van der Waals surface area contributed by atoms with Gasteiger partial charge in [0.25, 0.3) is 0 Å². The third-order valence-electron chi connectivity index (χ3n) is 4.69. The molecule has 4 rings (SSSR count). The number of hydrogen-bond acceptors (Lipinski definition) is 7. The van der Waals surface area contributed by atoms with Crippen LogP contribution in [0.2, 0.25) is 0 Å². The molecule has 0 bridgehead atoms. The molecule has 2 aliphatic rings. The van der Waals surface area contributed by atoms with Crippen LogP contribution in [0.1, 0.15) is 31.0 Å². The lowest BCUT2D eigenvalue weighted by molar-refractivity contribution is -0.131. The number of fused-ring (bicyclic) bond motifs is 1. The molecular weight excluding hydrogens is 354 g/mol. The second-order valence-electron chi connectivity index (χ2n) is 6.35. The van der Waals surface area contributed by atoms with E-state index in [-0.39, 0.29) is 5.91 Å². The fraction of sp³-hybridized carbons (Fsp3) is 0.500.